The lowest BCUT2D eigenvalue weighted by Gasteiger charge is -2.13. The Bertz CT molecular complexity index is 738. The van der Waals surface area contributed by atoms with E-state index >= 15 is 0 Å². The van der Waals surface area contributed by atoms with Gasteiger partial charge in [-0.05, 0) is 42.9 Å². The third-order valence-electron chi connectivity index (χ3n) is 3.60. The van der Waals surface area contributed by atoms with Gasteiger partial charge in [-0.1, -0.05) is 49.9 Å². The van der Waals surface area contributed by atoms with Crippen LogP contribution in [0.4, 0.5) is 5.69 Å². The molecule has 0 bridgehead atoms. The first-order chi connectivity index (χ1) is 12.6. The van der Waals surface area contributed by atoms with E-state index in [9.17, 15) is 4.79 Å². The monoisotopic (exact) mass is 391 g/mol. The molecule has 1 aromatic heterocycles. The van der Waals surface area contributed by atoms with Crippen molar-refractivity contribution < 1.29 is 9.53 Å². The average molecular weight is 392 g/mol. The summed E-state index contributed by atoms with van der Waals surface area (Å²) in [6.07, 6.45) is 5.98. The quantitative estimate of drug-likeness (QED) is 0.383. The second-order valence-electron chi connectivity index (χ2n) is 5.68. The normalized spacial score (nSPS) is 10.2. The Labute approximate surface area is 164 Å². The minimum absolute atomic E-state index is 0.178. The molecule has 5 nitrogen and oxygen atoms in total. The van der Waals surface area contributed by atoms with Crippen molar-refractivity contribution in [1.82, 2.24) is 10.3 Å². The van der Waals surface area contributed by atoms with Crippen molar-refractivity contribution >= 4 is 40.5 Å². The average Bonchev–Trinajstić information content (AvgIpc) is 2.63. The molecule has 0 spiro atoms. The SMILES string of the molecule is CCCCCCOc1ccccc1C(=O)NC(=S)Nc1ccc(Cl)nc1. The highest BCUT2D eigenvalue weighted by Gasteiger charge is 2.13. The van der Waals surface area contributed by atoms with Crippen LogP contribution < -0.4 is 15.4 Å². The van der Waals surface area contributed by atoms with Crippen LogP contribution in [-0.4, -0.2) is 22.6 Å². The summed E-state index contributed by atoms with van der Waals surface area (Å²) in [6, 6.07) is 10.5. The molecule has 0 aliphatic carbocycles. The van der Waals surface area contributed by atoms with E-state index in [1.807, 2.05) is 6.07 Å². The van der Waals surface area contributed by atoms with Gasteiger partial charge in [0.05, 0.1) is 24.1 Å². The van der Waals surface area contributed by atoms with Crippen LogP contribution in [0.5, 0.6) is 5.75 Å². The fraction of sp³-hybridized carbons (Fsp3) is 0.316. The third kappa shape index (κ3) is 6.61. The number of thiocarbonyl (C=S) groups is 1. The molecule has 1 aromatic carbocycles. The molecule has 1 heterocycles. The van der Waals surface area contributed by atoms with Crippen molar-refractivity contribution in [3.8, 4) is 5.75 Å². The fourth-order valence-corrected chi connectivity index (χ4v) is 2.60. The van der Waals surface area contributed by atoms with Gasteiger partial charge in [-0.25, -0.2) is 4.98 Å². The lowest BCUT2D eigenvalue weighted by atomic mass is 10.2. The van der Waals surface area contributed by atoms with E-state index in [2.05, 4.69) is 22.5 Å². The Balaban J connectivity index is 1.91. The first kappa shape index (κ1) is 20.1. The number of aromatic nitrogens is 1. The van der Waals surface area contributed by atoms with Gasteiger partial charge in [-0.15, -0.1) is 0 Å². The molecular weight excluding hydrogens is 370 g/mol. The topological polar surface area (TPSA) is 63.2 Å². The summed E-state index contributed by atoms with van der Waals surface area (Å²) in [5.41, 5.74) is 1.08. The van der Waals surface area contributed by atoms with Gasteiger partial charge < -0.3 is 10.1 Å². The van der Waals surface area contributed by atoms with Crippen LogP contribution in [-0.2, 0) is 0 Å². The maximum atomic E-state index is 12.5. The number of benzene rings is 1. The first-order valence-corrected chi connectivity index (χ1v) is 9.34. The van der Waals surface area contributed by atoms with Crippen molar-refractivity contribution in [2.45, 2.75) is 32.6 Å². The van der Waals surface area contributed by atoms with Gasteiger partial charge in [0.1, 0.15) is 10.9 Å². The number of unbranched alkanes of at least 4 members (excludes halogenated alkanes) is 3. The zero-order valence-corrected chi connectivity index (χ0v) is 16.2. The Morgan fingerprint density at radius 1 is 1.19 bits per heavy atom. The van der Waals surface area contributed by atoms with Crippen molar-refractivity contribution in [3.63, 3.8) is 0 Å². The molecule has 0 radical (unpaired) electrons. The second-order valence-corrected chi connectivity index (χ2v) is 6.48. The van der Waals surface area contributed by atoms with E-state index in [4.69, 9.17) is 28.6 Å². The number of anilines is 1. The van der Waals surface area contributed by atoms with Crippen LogP contribution in [0.2, 0.25) is 5.15 Å². The van der Waals surface area contributed by atoms with Gasteiger partial charge in [0.2, 0.25) is 0 Å². The lowest BCUT2D eigenvalue weighted by molar-refractivity contribution is 0.0973. The smallest absolute Gasteiger partial charge is 0.261 e. The van der Waals surface area contributed by atoms with E-state index in [1.54, 1.807) is 30.3 Å². The molecule has 7 heteroatoms. The zero-order chi connectivity index (χ0) is 18.8. The maximum absolute atomic E-state index is 12.5. The number of ether oxygens (including phenoxy) is 1. The molecule has 2 N–H and O–H groups in total. The number of hydrogen-bond acceptors (Lipinski definition) is 4. The molecule has 0 unspecified atom stereocenters. The molecule has 26 heavy (non-hydrogen) atoms. The van der Waals surface area contributed by atoms with Crippen LogP contribution in [0, 0.1) is 0 Å². The number of para-hydroxylation sites is 1. The fourth-order valence-electron chi connectivity index (χ4n) is 2.27. The summed E-state index contributed by atoms with van der Waals surface area (Å²) in [4.78, 5) is 16.4. The molecule has 0 atom stereocenters. The standard InChI is InChI=1S/C19H22ClN3O2S/c1-2-3-4-7-12-25-16-9-6-5-8-15(16)18(24)23-19(26)22-14-10-11-17(20)21-13-14/h5-6,8-11,13H,2-4,7,12H2,1H3,(H2,22,23,24,26). The number of nitrogens with one attached hydrogen (secondary N) is 2. The molecule has 0 aliphatic rings. The molecule has 0 saturated carbocycles. The number of pyridine rings is 1. The number of amides is 1. The second kappa shape index (κ2) is 10.7. The minimum Gasteiger partial charge on any atom is -0.493 e. The van der Waals surface area contributed by atoms with Crippen LogP contribution in [0.1, 0.15) is 43.0 Å². The number of halogens is 1. The molecule has 2 aromatic rings. The van der Waals surface area contributed by atoms with Crippen molar-refractivity contribution in [2.24, 2.45) is 0 Å². The van der Waals surface area contributed by atoms with Gasteiger partial charge in [0.25, 0.3) is 5.91 Å². The molecule has 1 amide bonds. The van der Waals surface area contributed by atoms with Crippen LogP contribution in [0.25, 0.3) is 0 Å². The van der Waals surface area contributed by atoms with Crippen LogP contribution in [0.15, 0.2) is 42.6 Å². The summed E-state index contributed by atoms with van der Waals surface area (Å²) < 4.78 is 5.77. The van der Waals surface area contributed by atoms with Gasteiger partial charge >= 0.3 is 0 Å². The van der Waals surface area contributed by atoms with Gasteiger partial charge in [0, 0.05) is 0 Å². The Kier molecular flexibility index (Phi) is 8.31. The lowest BCUT2D eigenvalue weighted by Crippen LogP contribution is -2.34. The molecule has 0 aliphatic heterocycles. The highest BCUT2D eigenvalue weighted by molar-refractivity contribution is 7.80. The summed E-state index contributed by atoms with van der Waals surface area (Å²) in [6.45, 7) is 2.75. The third-order valence-corrected chi connectivity index (χ3v) is 4.03. The van der Waals surface area contributed by atoms with Gasteiger partial charge in [-0.2, -0.15) is 0 Å². The molecule has 138 valence electrons. The molecule has 0 fully saturated rings. The predicted molar refractivity (Wildman–Crippen MR) is 109 cm³/mol. The van der Waals surface area contributed by atoms with Crippen molar-refractivity contribution in [1.29, 1.82) is 0 Å². The van der Waals surface area contributed by atoms with Gasteiger partial charge in [-0.3, -0.25) is 10.1 Å². The minimum atomic E-state index is -0.325. The van der Waals surface area contributed by atoms with Crippen LogP contribution >= 0.6 is 23.8 Å². The largest absolute Gasteiger partial charge is 0.493 e. The van der Waals surface area contributed by atoms with E-state index < -0.39 is 0 Å². The number of carbonyl (C=O) groups excluding carboxylic acids is 1. The summed E-state index contributed by atoms with van der Waals surface area (Å²) in [7, 11) is 0. The van der Waals surface area contributed by atoms with Crippen LogP contribution in [0.3, 0.4) is 0 Å². The summed E-state index contributed by atoms with van der Waals surface area (Å²) >= 11 is 10.9. The Hall–Kier alpha value is -2.18. The Morgan fingerprint density at radius 2 is 2.00 bits per heavy atom. The number of rotatable bonds is 8. The summed E-state index contributed by atoms with van der Waals surface area (Å²) in [5.74, 6) is 0.228. The van der Waals surface area contributed by atoms with Gasteiger partial charge in [0.15, 0.2) is 5.11 Å². The highest BCUT2D eigenvalue weighted by atomic mass is 35.5. The summed E-state index contributed by atoms with van der Waals surface area (Å²) in [5, 5.41) is 6.11. The molecule has 0 saturated heterocycles. The first-order valence-electron chi connectivity index (χ1n) is 8.56. The maximum Gasteiger partial charge on any atom is 0.261 e. The van der Waals surface area contributed by atoms with Crippen molar-refractivity contribution in [3.05, 3.63) is 53.3 Å². The number of carbonyl (C=O) groups is 1. The van der Waals surface area contributed by atoms with E-state index in [-0.39, 0.29) is 11.0 Å². The molecular formula is C19H22ClN3O2S. The molecule has 2 rings (SSSR count). The van der Waals surface area contributed by atoms with Crippen molar-refractivity contribution in [2.75, 3.05) is 11.9 Å². The van der Waals surface area contributed by atoms with E-state index in [0.29, 0.717) is 28.8 Å². The number of hydrogen-bond donors (Lipinski definition) is 2. The highest BCUT2D eigenvalue weighted by Crippen LogP contribution is 2.18. The predicted octanol–water partition coefficient (Wildman–Crippen LogP) is 4.82. The Morgan fingerprint density at radius 3 is 2.73 bits per heavy atom. The van der Waals surface area contributed by atoms with E-state index in [0.717, 1.165) is 12.8 Å². The van der Waals surface area contributed by atoms with E-state index in [1.165, 1.54) is 19.0 Å². The number of nitrogens with zero attached hydrogens (tertiary/aromatic N) is 1. The zero-order valence-electron chi connectivity index (χ0n) is 14.6.